The van der Waals surface area contributed by atoms with Crippen molar-refractivity contribution in [1.29, 1.82) is 0 Å². The number of furan rings is 1. The number of piperidine rings is 1. The van der Waals surface area contributed by atoms with E-state index in [4.69, 9.17) is 4.42 Å². The van der Waals surface area contributed by atoms with Crippen molar-refractivity contribution in [2.24, 2.45) is 0 Å². The van der Waals surface area contributed by atoms with Crippen LogP contribution in [0.25, 0.3) is 0 Å². The molecule has 1 saturated heterocycles. The fraction of sp³-hybridized carbons (Fsp3) is 0.615. The Morgan fingerprint density at radius 2 is 2.44 bits per heavy atom. The van der Waals surface area contributed by atoms with Gasteiger partial charge < -0.3 is 4.42 Å². The van der Waals surface area contributed by atoms with Crippen molar-refractivity contribution in [2.45, 2.75) is 38.6 Å². The molecule has 1 aliphatic rings. The minimum atomic E-state index is 0.102. The molecule has 0 aromatic carbocycles. The molecule has 0 spiro atoms. The van der Waals surface area contributed by atoms with Crippen LogP contribution in [0.15, 0.2) is 22.8 Å². The van der Waals surface area contributed by atoms with Crippen LogP contribution in [0.2, 0.25) is 0 Å². The topological polar surface area (TPSA) is 33.5 Å². The lowest BCUT2D eigenvalue weighted by Crippen LogP contribution is -2.42. The van der Waals surface area contributed by atoms with Crippen molar-refractivity contribution < 1.29 is 9.21 Å². The standard InChI is InChI=1S/C13H19NO2/c1-2-11-6-3-4-8-14(11)10-12(15)13-7-5-9-16-13/h5,7,9,11H,2-4,6,8,10H2,1H3/t11-/m0/s1. The second-order valence-corrected chi connectivity index (χ2v) is 4.43. The molecule has 0 N–H and O–H groups in total. The number of carbonyl (C=O) groups is 1. The summed E-state index contributed by atoms with van der Waals surface area (Å²) in [7, 11) is 0. The molecule has 1 aromatic rings. The molecule has 2 heterocycles. The molecule has 1 atom stereocenters. The summed E-state index contributed by atoms with van der Waals surface area (Å²) < 4.78 is 5.13. The van der Waals surface area contributed by atoms with Gasteiger partial charge in [0.25, 0.3) is 0 Å². The summed E-state index contributed by atoms with van der Waals surface area (Å²) in [6.07, 6.45) is 6.42. The number of ketones is 1. The summed E-state index contributed by atoms with van der Waals surface area (Å²) in [5.74, 6) is 0.589. The van der Waals surface area contributed by atoms with Crippen LogP contribution in [-0.4, -0.2) is 29.8 Å². The quantitative estimate of drug-likeness (QED) is 0.733. The van der Waals surface area contributed by atoms with Gasteiger partial charge in [0.2, 0.25) is 5.78 Å². The Bertz CT molecular complexity index is 332. The van der Waals surface area contributed by atoms with Crippen LogP contribution >= 0.6 is 0 Å². The van der Waals surface area contributed by atoms with Gasteiger partial charge in [-0.1, -0.05) is 13.3 Å². The molecule has 0 bridgehead atoms. The van der Waals surface area contributed by atoms with Crippen LogP contribution in [-0.2, 0) is 0 Å². The number of rotatable bonds is 4. The Morgan fingerprint density at radius 3 is 3.12 bits per heavy atom. The highest BCUT2D eigenvalue weighted by Gasteiger charge is 2.23. The van der Waals surface area contributed by atoms with Gasteiger partial charge in [-0.15, -0.1) is 0 Å². The van der Waals surface area contributed by atoms with Crippen molar-refractivity contribution in [2.75, 3.05) is 13.1 Å². The maximum atomic E-state index is 11.9. The van der Waals surface area contributed by atoms with E-state index < -0.39 is 0 Å². The monoisotopic (exact) mass is 221 g/mol. The summed E-state index contributed by atoms with van der Waals surface area (Å²) >= 11 is 0. The van der Waals surface area contributed by atoms with Gasteiger partial charge in [0, 0.05) is 6.04 Å². The van der Waals surface area contributed by atoms with Crippen LogP contribution in [0.4, 0.5) is 0 Å². The highest BCUT2D eigenvalue weighted by molar-refractivity contribution is 5.95. The third-order valence-corrected chi connectivity index (χ3v) is 3.36. The molecule has 3 heteroatoms. The molecule has 0 aliphatic carbocycles. The van der Waals surface area contributed by atoms with Crippen molar-refractivity contribution in [1.82, 2.24) is 4.90 Å². The summed E-state index contributed by atoms with van der Waals surface area (Å²) in [4.78, 5) is 14.2. The zero-order valence-corrected chi connectivity index (χ0v) is 9.82. The van der Waals surface area contributed by atoms with E-state index in [1.807, 2.05) is 0 Å². The van der Waals surface area contributed by atoms with Gasteiger partial charge in [0.1, 0.15) is 0 Å². The summed E-state index contributed by atoms with van der Waals surface area (Å²) in [5.41, 5.74) is 0. The maximum absolute atomic E-state index is 11.9. The largest absolute Gasteiger partial charge is 0.461 e. The summed E-state index contributed by atoms with van der Waals surface area (Å²) in [5, 5.41) is 0. The molecule has 1 aliphatic heterocycles. The van der Waals surface area contributed by atoms with Crippen LogP contribution in [0.1, 0.15) is 43.2 Å². The normalized spacial score (nSPS) is 22.2. The average Bonchev–Trinajstić information content (AvgIpc) is 2.83. The molecule has 0 unspecified atom stereocenters. The van der Waals surface area contributed by atoms with Crippen molar-refractivity contribution in [3.8, 4) is 0 Å². The molecule has 16 heavy (non-hydrogen) atoms. The van der Waals surface area contributed by atoms with E-state index in [1.54, 1.807) is 18.4 Å². The van der Waals surface area contributed by atoms with Crippen LogP contribution in [0.5, 0.6) is 0 Å². The Balaban J connectivity index is 1.95. The Morgan fingerprint density at radius 1 is 1.56 bits per heavy atom. The van der Waals surface area contributed by atoms with Gasteiger partial charge in [-0.05, 0) is 37.9 Å². The number of likely N-dealkylation sites (tertiary alicyclic amines) is 1. The first-order chi connectivity index (χ1) is 7.81. The zero-order valence-electron chi connectivity index (χ0n) is 9.82. The van der Waals surface area contributed by atoms with E-state index >= 15 is 0 Å². The van der Waals surface area contributed by atoms with Crippen LogP contribution in [0, 0.1) is 0 Å². The van der Waals surface area contributed by atoms with Gasteiger partial charge in [-0.25, -0.2) is 0 Å². The molecule has 88 valence electrons. The zero-order chi connectivity index (χ0) is 11.4. The fourth-order valence-corrected chi connectivity index (χ4v) is 2.43. The highest BCUT2D eigenvalue weighted by Crippen LogP contribution is 2.19. The lowest BCUT2D eigenvalue weighted by atomic mass is 9.99. The Kier molecular flexibility index (Phi) is 3.78. The number of hydrogen-bond donors (Lipinski definition) is 0. The van der Waals surface area contributed by atoms with Crippen LogP contribution < -0.4 is 0 Å². The number of nitrogens with zero attached hydrogens (tertiary/aromatic N) is 1. The Labute approximate surface area is 96.4 Å². The fourth-order valence-electron chi connectivity index (χ4n) is 2.43. The van der Waals surface area contributed by atoms with Gasteiger partial charge >= 0.3 is 0 Å². The van der Waals surface area contributed by atoms with E-state index in [0.29, 0.717) is 18.3 Å². The van der Waals surface area contributed by atoms with E-state index in [9.17, 15) is 4.79 Å². The molecular formula is C13H19NO2. The van der Waals surface area contributed by atoms with Crippen LogP contribution in [0.3, 0.4) is 0 Å². The highest BCUT2D eigenvalue weighted by atomic mass is 16.3. The first-order valence-electron chi connectivity index (χ1n) is 6.12. The molecule has 1 aromatic heterocycles. The van der Waals surface area contributed by atoms with Gasteiger partial charge in [-0.3, -0.25) is 9.69 Å². The first-order valence-corrected chi connectivity index (χ1v) is 6.12. The number of Topliss-reactive ketones (excluding diaryl/α,β-unsaturated/α-hetero) is 1. The lowest BCUT2D eigenvalue weighted by molar-refractivity contribution is 0.0812. The smallest absolute Gasteiger partial charge is 0.211 e. The van der Waals surface area contributed by atoms with Gasteiger partial charge in [0.05, 0.1) is 12.8 Å². The predicted molar refractivity (Wildman–Crippen MR) is 62.5 cm³/mol. The summed E-state index contributed by atoms with van der Waals surface area (Å²) in [6, 6.07) is 4.08. The van der Waals surface area contributed by atoms with Gasteiger partial charge in [-0.2, -0.15) is 0 Å². The van der Waals surface area contributed by atoms with Crippen molar-refractivity contribution >= 4 is 5.78 Å². The molecule has 0 radical (unpaired) electrons. The average molecular weight is 221 g/mol. The van der Waals surface area contributed by atoms with Gasteiger partial charge in [0.15, 0.2) is 5.76 Å². The Hall–Kier alpha value is -1.09. The number of hydrogen-bond acceptors (Lipinski definition) is 3. The van der Waals surface area contributed by atoms with E-state index in [-0.39, 0.29) is 5.78 Å². The van der Waals surface area contributed by atoms with E-state index in [0.717, 1.165) is 13.0 Å². The SMILES string of the molecule is CC[C@H]1CCCCN1CC(=O)c1ccco1. The molecule has 0 amide bonds. The van der Waals surface area contributed by atoms with E-state index in [2.05, 4.69) is 11.8 Å². The molecule has 1 fully saturated rings. The second-order valence-electron chi connectivity index (χ2n) is 4.43. The minimum absolute atomic E-state index is 0.102. The molecular weight excluding hydrogens is 202 g/mol. The van der Waals surface area contributed by atoms with E-state index in [1.165, 1.54) is 19.3 Å². The summed E-state index contributed by atoms with van der Waals surface area (Å²) in [6.45, 7) is 3.75. The third kappa shape index (κ3) is 2.53. The molecule has 3 nitrogen and oxygen atoms in total. The first kappa shape index (κ1) is 11.4. The third-order valence-electron chi connectivity index (χ3n) is 3.36. The minimum Gasteiger partial charge on any atom is -0.461 e. The predicted octanol–water partition coefficient (Wildman–Crippen LogP) is 2.73. The lowest BCUT2D eigenvalue weighted by Gasteiger charge is -2.34. The van der Waals surface area contributed by atoms with Crippen molar-refractivity contribution in [3.63, 3.8) is 0 Å². The molecule has 0 saturated carbocycles. The second kappa shape index (κ2) is 5.30. The maximum Gasteiger partial charge on any atom is 0.211 e. The van der Waals surface area contributed by atoms with Crippen molar-refractivity contribution in [3.05, 3.63) is 24.2 Å². The molecule has 2 rings (SSSR count). The number of carbonyl (C=O) groups excluding carboxylic acids is 1.